The zero-order valence-electron chi connectivity index (χ0n) is 15.3. The Balaban J connectivity index is 2.17. The lowest BCUT2D eigenvalue weighted by Gasteiger charge is -2.19. The molecule has 1 unspecified atom stereocenters. The molecular formula is C21H27NO2. The molecule has 0 heterocycles. The van der Waals surface area contributed by atoms with Crippen molar-refractivity contribution in [3.63, 3.8) is 0 Å². The van der Waals surface area contributed by atoms with Gasteiger partial charge in [-0.1, -0.05) is 25.1 Å². The van der Waals surface area contributed by atoms with E-state index in [1.165, 1.54) is 11.1 Å². The van der Waals surface area contributed by atoms with Gasteiger partial charge in [-0.3, -0.25) is 4.79 Å². The van der Waals surface area contributed by atoms with E-state index in [1.54, 1.807) is 0 Å². The van der Waals surface area contributed by atoms with Gasteiger partial charge < -0.3 is 10.1 Å². The van der Waals surface area contributed by atoms with Crippen molar-refractivity contribution in [1.82, 2.24) is 5.32 Å². The minimum absolute atomic E-state index is 0.0173. The minimum atomic E-state index is -0.0498. The van der Waals surface area contributed by atoms with Crippen LogP contribution in [0.15, 0.2) is 36.4 Å². The van der Waals surface area contributed by atoms with Gasteiger partial charge in [-0.25, -0.2) is 0 Å². The highest BCUT2D eigenvalue weighted by Crippen LogP contribution is 2.22. The number of aryl methyl sites for hydroxylation is 3. The van der Waals surface area contributed by atoms with Gasteiger partial charge in [0.25, 0.3) is 5.91 Å². The second-order valence-electron chi connectivity index (χ2n) is 6.19. The highest BCUT2D eigenvalue weighted by atomic mass is 16.5. The summed E-state index contributed by atoms with van der Waals surface area (Å²) in [5.41, 5.74) is 5.30. The van der Waals surface area contributed by atoms with Crippen molar-refractivity contribution in [2.45, 2.75) is 47.1 Å². The molecule has 0 radical (unpaired) electrons. The molecule has 0 fully saturated rings. The zero-order valence-corrected chi connectivity index (χ0v) is 15.3. The first-order valence-electron chi connectivity index (χ1n) is 8.57. The summed E-state index contributed by atoms with van der Waals surface area (Å²) in [5.74, 6) is 0.779. The Bertz CT molecular complexity index is 722. The maximum Gasteiger partial charge on any atom is 0.251 e. The van der Waals surface area contributed by atoms with Gasteiger partial charge in [-0.05, 0) is 74.6 Å². The average molecular weight is 325 g/mol. The Morgan fingerprint density at radius 2 is 1.75 bits per heavy atom. The van der Waals surface area contributed by atoms with E-state index >= 15 is 0 Å². The van der Waals surface area contributed by atoms with E-state index in [4.69, 9.17) is 4.74 Å². The van der Waals surface area contributed by atoms with Crippen molar-refractivity contribution in [2.75, 3.05) is 6.61 Å². The lowest BCUT2D eigenvalue weighted by Crippen LogP contribution is -2.28. The second kappa shape index (κ2) is 8.00. The Labute approximate surface area is 145 Å². The molecule has 0 saturated heterocycles. The number of benzene rings is 2. The molecule has 128 valence electrons. The Kier molecular flexibility index (Phi) is 6.02. The first-order valence-corrected chi connectivity index (χ1v) is 8.57. The molecule has 2 aromatic carbocycles. The predicted molar refractivity (Wildman–Crippen MR) is 98.8 cm³/mol. The van der Waals surface area contributed by atoms with Crippen molar-refractivity contribution in [1.29, 1.82) is 0 Å². The summed E-state index contributed by atoms with van der Waals surface area (Å²) in [4.78, 5) is 12.6. The minimum Gasteiger partial charge on any atom is -0.494 e. The van der Waals surface area contributed by atoms with Crippen molar-refractivity contribution in [2.24, 2.45) is 0 Å². The summed E-state index contributed by atoms with van der Waals surface area (Å²) in [6, 6.07) is 12.0. The Hall–Kier alpha value is -2.29. The molecule has 0 aliphatic heterocycles. The Morgan fingerprint density at radius 3 is 2.33 bits per heavy atom. The highest BCUT2D eigenvalue weighted by molar-refractivity contribution is 5.94. The molecule has 0 aliphatic rings. The maximum atomic E-state index is 12.6. The van der Waals surface area contributed by atoms with Crippen LogP contribution in [0, 0.1) is 20.8 Å². The molecule has 3 nitrogen and oxygen atoms in total. The van der Waals surface area contributed by atoms with Crippen LogP contribution in [-0.2, 0) is 0 Å². The third-order valence-corrected chi connectivity index (χ3v) is 4.38. The summed E-state index contributed by atoms with van der Waals surface area (Å²) in [6.45, 7) is 10.8. The molecule has 3 heteroatoms. The van der Waals surface area contributed by atoms with Gasteiger partial charge in [-0.2, -0.15) is 0 Å². The van der Waals surface area contributed by atoms with E-state index < -0.39 is 0 Å². The van der Waals surface area contributed by atoms with Crippen LogP contribution in [0.5, 0.6) is 5.75 Å². The van der Waals surface area contributed by atoms with Crippen LogP contribution in [0.1, 0.15) is 58.9 Å². The lowest BCUT2D eigenvalue weighted by molar-refractivity contribution is 0.0935. The van der Waals surface area contributed by atoms with E-state index in [9.17, 15) is 4.79 Å². The summed E-state index contributed by atoms with van der Waals surface area (Å²) in [5, 5.41) is 3.14. The van der Waals surface area contributed by atoms with Crippen LogP contribution in [0.3, 0.4) is 0 Å². The van der Waals surface area contributed by atoms with Crippen LogP contribution in [0.4, 0.5) is 0 Å². The van der Waals surface area contributed by atoms with Crippen molar-refractivity contribution in [3.05, 3.63) is 64.2 Å². The molecule has 0 spiro atoms. The van der Waals surface area contributed by atoms with Crippen molar-refractivity contribution in [3.8, 4) is 5.75 Å². The van der Waals surface area contributed by atoms with Gasteiger partial charge >= 0.3 is 0 Å². The standard InChI is InChI=1S/C21H27NO2/c1-6-19(17-9-8-14(3)15(4)12-17)22-21(23)18-10-11-20(24-7-2)16(5)13-18/h8-13,19H,6-7H2,1-5H3,(H,22,23). The van der Waals surface area contributed by atoms with Crippen LogP contribution in [0.2, 0.25) is 0 Å². The molecule has 0 aromatic heterocycles. The quantitative estimate of drug-likeness (QED) is 0.821. The van der Waals surface area contributed by atoms with Gasteiger partial charge in [0.15, 0.2) is 0 Å². The van der Waals surface area contributed by atoms with E-state index in [1.807, 2.05) is 32.0 Å². The Morgan fingerprint density at radius 1 is 1.00 bits per heavy atom. The van der Waals surface area contributed by atoms with Gasteiger partial charge in [0, 0.05) is 5.56 Å². The van der Waals surface area contributed by atoms with E-state index in [-0.39, 0.29) is 11.9 Å². The zero-order chi connectivity index (χ0) is 17.7. The van der Waals surface area contributed by atoms with Gasteiger partial charge in [-0.15, -0.1) is 0 Å². The second-order valence-corrected chi connectivity index (χ2v) is 6.19. The number of carbonyl (C=O) groups is 1. The smallest absolute Gasteiger partial charge is 0.251 e. The third-order valence-electron chi connectivity index (χ3n) is 4.38. The average Bonchev–Trinajstić information content (AvgIpc) is 2.57. The predicted octanol–water partition coefficient (Wildman–Crippen LogP) is 4.89. The van der Waals surface area contributed by atoms with E-state index in [0.717, 1.165) is 23.3 Å². The van der Waals surface area contributed by atoms with Crippen molar-refractivity contribution >= 4 is 5.91 Å². The summed E-state index contributed by atoms with van der Waals surface area (Å²) >= 11 is 0. The molecule has 24 heavy (non-hydrogen) atoms. The first kappa shape index (κ1) is 18.1. The van der Waals surface area contributed by atoms with Crippen LogP contribution in [0.25, 0.3) is 0 Å². The molecule has 1 N–H and O–H groups in total. The fraction of sp³-hybridized carbons (Fsp3) is 0.381. The van der Waals surface area contributed by atoms with Crippen LogP contribution < -0.4 is 10.1 Å². The van der Waals surface area contributed by atoms with Gasteiger partial charge in [0.1, 0.15) is 5.75 Å². The molecule has 0 bridgehead atoms. The van der Waals surface area contributed by atoms with E-state index in [2.05, 4.69) is 44.3 Å². The molecule has 2 rings (SSSR count). The van der Waals surface area contributed by atoms with Gasteiger partial charge in [0.05, 0.1) is 12.6 Å². The molecule has 2 aromatic rings. The summed E-state index contributed by atoms with van der Waals surface area (Å²) in [6.07, 6.45) is 0.851. The van der Waals surface area contributed by atoms with Gasteiger partial charge in [0.2, 0.25) is 0 Å². The number of nitrogens with one attached hydrogen (secondary N) is 1. The van der Waals surface area contributed by atoms with Crippen molar-refractivity contribution < 1.29 is 9.53 Å². The number of rotatable bonds is 6. The monoisotopic (exact) mass is 325 g/mol. The molecular weight excluding hydrogens is 298 g/mol. The third kappa shape index (κ3) is 4.16. The molecule has 0 aliphatic carbocycles. The first-order chi connectivity index (χ1) is 11.5. The highest BCUT2D eigenvalue weighted by Gasteiger charge is 2.15. The maximum absolute atomic E-state index is 12.6. The molecule has 0 saturated carbocycles. The topological polar surface area (TPSA) is 38.3 Å². The number of hydrogen-bond acceptors (Lipinski definition) is 2. The summed E-state index contributed by atoms with van der Waals surface area (Å²) in [7, 11) is 0. The summed E-state index contributed by atoms with van der Waals surface area (Å²) < 4.78 is 5.54. The normalized spacial score (nSPS) is 11.9. The molecule has 1 amide bonds. The number of ether oxygens (including phenoxy) is 1. The number of carbonyl (C=O) groups excluding carboxylic acids is 1. The SMILES string of the molecule is CCOc1ccc(C(=O)NC(CC)c2ccc(C)c(C)c2)cc1C. The lowest BCUT2D eigenvalue weighted by atomic mass is 9.99. The fourth-order valence-electron chi connectivity index (χ4n) is 2.75. The fourth-order valence-corrected chi connectivity index (χ4v) is 2.75. The van der Waals surface area contributed by atoms with Crippen LogP contribution >= 0.6 is 0 Å². The number of hydrogen-bond donors (Lipinski definition) is 1. The van der Waals surface area contributed by atoms with Crippen LogP contribution in [-0.4, -0.2) is 12.5 Å². The van der Waals surface area contributed by atoms with E-state index in [0.29, 0.717) is 12.2 Å². The molecule has 1 atom stereocenters. The number of amides is 1. The largest absolute Gasteiger partial charge is 0.494 e.